The van der Waals surface area contributed by atoms with Crippen molar-refractivity contribution in [1.29, 1.82) is 0 Å². The first-order valence-corrected chi connectivity index (χ1v) is 4.37. The fraction of sp³-hybridized carbons (Fsp3) is 0.333. The molecule has 1 N–H and O–H groups in total. The van der Waals surface area contributed by atoms with Crippen molar-refractivity contribution in [3.05, 3.63) is 29.8 Å². The molecule has 0 amide bonds. The van der Waals surface area contributed by atoms with Gasteiger partial charge in [0.15, 0.2) is 0 Å². The summed E-state index contributed by atoms with van der Waals surface area (Å²) in [6, 6.07) is 8.12. The monoisotopic (exact) mass is 173 g/mol. The molecule has 0 aliphatic heterocycles. The van der Waals surface area contributed by atoms with Gasteiger partial charge in [0, 0.05) is 5.69 Å². The van der Waals surface area contributed by atoms with Crippen LogP contribution in [0.2, 0.25) is 0 Å². The van der Waals surface area contributed by atoms with E-state index >= 15 is 0 Å². The van der Waals surface area contributed by atoms with Crippen LogP contribution in [0.4, 0.5) is 5.69 Å². The largest absolute Gasteiger partial charge is 0.369 e. The average Bonchev–Trinajstić information content (AvgIpc) is 2.09. The van der Waals surface area contributed by atoms with Crippen molar-refractivity contribution in [2.75, 3.05) is 5.32 Å². The molecule has 0 aliphatic rings. The van der Waals surface area contributed by atoms with E-state index in [1.807, 2.05) is 32.0 Å². The molecule has 13 heavy (non-hydrogen) atoms. The van der Waals surface area contributed by atoms with Crippen molar-refractivity contribution >= 4 is 5.69 Å². The van der Waals surface area contributed by atoms with E-state index < -0.39 is 0 Å². The summed E-state index contributed by atoms with van der Waals surface area (Å²) in [6.45, 7) is 6.04. The highest BCUT2D eigenvalue weighted by Gasteiger charge is 2.13. The summed E-state index contributed by atoms with van der Waals surface area (Å²) in [6.07, 6.45) is 5.39. The minimum Gasteiger partial charge on any atom is -0.369 e. The Kier molecular flexibility index (Phi) is 2.63. The van der Waals surface area contributed by atoms with Gasteiger partial charge in [0.05, 0.1) is 5.54 Å². The molecular weight excluding hydrogens is 158 g/mol. The molecule has 0 fully saturated rings. The number of anilines is 1. The third-order valence-electron chi connectivity index (χ3n) is 1.95. The van der Waals surface area contributed by atoms with Gasteiger partial charge in [0.1, 0.15) is 0 Å². The number of rotatable bonds is 2. The van der Waals surface area contributed by atoms with E-state index in [0.29, 0.717) is 0 Å². The Morgan fingerprint density at radius 2 is 1.92 bits per heavy atom. The molecule has 0 unspecified atom stereocenters. The standard InChI is InChI=1S/C12H15N/c1-5-12(3,4)13-11-9-7-6-8-10(11)2/h1,6-9,13H,2-4H3. The number of para-hydroxylation sites is 1. The van der Waals surface area contributed by atoms with E-state index in [1.165, 1.54) is 5.56 Å². The molecule has 0 spiro atoms. The molecule has 1 heteroatoms. The van der Waals surface area contributed by atoms with Crippen molar-refractivity contribution in [1.82, 2.24) is 0 Å². The maximum Gasteiger partial charge on any atom is 0.0927 e. The van der Waals surface area contributed by atoms with Crippen LogP contribution in [0.15, 0.2) is 24.3 Å². The molecule has 0 bridgehead atoms. The molecule has 0 aromatic heterocycles. The lowest BCUT2D eigenvalue weighted by Gasteiger charge is -2.22. The van der Waals surface area contributed by atoms with Crippen LogP contribution in [0.25, 0.3) is 0 Å². The van der Waals surface area contributed by atoms with Crippen molar-refractivity contribution in [2.24, 2.45) is 0 Å². The molecule has 0 atom stereocenters. The fourth-order valence-electron chi connectivity index (χ4n) is 1.09. The van der Waals surface area contributed by atoms with E-state index in [0.717, 1.165) is 5.69 Å². The number of aryl methyl sites for hydroxylation is 1. The zero-order valence-electron chi connectivity index (χ0n) is 8.39. The third-order valence-corrected chi connectivity index (χ3v) is 1.95. The third kappa shape index (κ3) is 2.52. The molecule has 68 valence electrons. The van der Waals surface area contributed by atoms with Crippen LogP contribution in [-0.4, -0.2) is 5.54 Å². The summed E-state index contributed by atoms with van der Waals surface area (Å²) in [4.78, 5) is 0. The van der Waals surface area contributed by atoms with E-state index in [2.05, 4.69) is 24.2 Å². The Bertz CT molecular complexity index is 331. The van der Waals surface area contributed by atoms with Gasteiger partial charge in [-0.25, -0.2) is 0 Å². The van der Waals surface area contributed by atoms with Crippen LogP contribution < -0.4 is 5.32 Å². The van der Waals surface area contributed by atoms with Crippen LogP contribution in [-0.2, 0) is 0 Å². The molecule has 1 rings (SSSR count). The minimum absolute atomic E-state index is 0.286. The molecule has 0 saturated carbocycles. The summed E-state index contributed by atoms with van der Waals surface area (Å²) < 4.78 is 0. The van der Waals surface area contributed by atoms with Gasteiger partial charge in [-0.05, 0) is 32.4 Å². The van der Waals surface area contributed by atoms with Gasteiger partial charge in [0.2, 0.25) is 0 Å². The van der Waals surface area contributed by atoms with Gasteiger partial charge in [-0.2, -0.15) is 0 Å². The van der Waals surface area contributed by atoms with Crippen LogP contribution in [0, 0.1) is 19.3 Å². The second-order valence-corrected chi connectivity index (χ2v) is 3.71. The predicted molar refractivity (Wildman–Crippen MR) is 57.7 cm³/mol. The molecule has 0 aliphatic carbocycles. The summed E-state index contributed by atoms with van der Waals surface area (Å²) in [5.41, 5.74) is 2.03. The fourth-order valence-corrected chi connectivity index (χ4v) is 1.09. The maximum atomic E-state index is 5.39. The quantitative estimate of drug-likeness (QED) is 0.678. The molecular formula is C12H15N. The number of hydrogen-bond acceptors (Lipinski definition) is 1. The van der Waals surface area contributed by atoms with Crippen molar-refractivity contribution < 1.29 is 0 Å². The maximum absolute atomic E-state index is 5.39. The van der Waals surface area contributed by atoms with E-state index in [9.17, 15) is 0 Å². The van der Waals surface area contributed by atoms with E-state index in [-0.39, 0.29) is 5.54 Å². The Labute approximate surface area is 80.2 Å². The zero-order chi connectivity index (χ0) is 9.90. The number of benzene rings is 1. The molecule has 0 heterocycles. The predicted octanol–water partition coefficient (Wildman–Crippen LogP) is 2.82. The van der Waals surface area contributed by atoms with Gasteiger partial charge in [0.25, 0.3) is 0 Å². The molecule has 1 aromatic carbocycles. The van der Waals surface area contributed by atoms with Gasteiger partial charge in [-0.15, -0.1) is 6.42 Å². The molecule has 0 radical (unpaired) electrons. The Hall–Kier alpha value is -1.42. The van der Waals surface area contributed by atoms with Crippen LogP contribution in [0.3, 0.4) is 0 Å². The number of hydrogen-bond donors (Lipinski definition) is 1. The van der Waals surface area contributed by atoms with Gasteiger partial charge in [-0.1, -0.05) is 24.1 Å². The van der Waals surface area contributed by atoms with Crippen molar-refractivity contribution in [3.63, 3.8) is 0 Å². The first-order chi connectivity index (χ1) is 6.05. The Morgan fingerprint density at radius 3 is 2.46 bits per heavy atom. The topological polar surface area (TPSA) is 12.0 Å². The normalized spacial score (nSPS) is 10.6. The second kappa shape index (κ2) is 3.53. The highest BCUT2D eigenvalue weighted by atomic mass is 15.0. The zero-order valence-corrected chi connectivity index (χ0v) is 8.39. The lowest BCUT2D eigenvalue weighted by Crippen LogP contribution is -2.28. The number of terminal acetylenes is 1. The van der Waals surface area contributed by atoms with E-state index in [4.69, 9.17) is 6.42 Å². The SMILES string of the molecule is C#CC(C)(C)Nc1ccccc1C. The van der Waals surface area contributed by atoms with Crippen LogP contribution in [0.5, 0.6) is 0 Å². The Balaban J connectivity index is 2.88. The lowest BCUT2D eigenvalue weighted by molar-refractivity contribution is 0.740. The lowest BCUT2D eigenvalue weighted by atomic mass is 10.1. The summed E-state index contributed by atoms with van der Waals surface area (Å²) in [7, 11) is 0. The van der Waals surface area contributed by atoms with Crippen molar-refractivity contribution in [3.8, 4) is 12.3 Å². The first-order valence-electron chi connectivity index (χ1n) is 4.37. The smallest absolute Gasteiger partial charge is 0.0927 e. The van der Waals surface area contributed by atoms with Gasteiger partial charge in [-0.3, -0.25) is 0 Å². The summed E-state index contributed by atoms with van der Waals surface area (Å²) >= 11 is 0. The first kappa shape index (κ1) is 9.67. The van der Waals surface area contributed by atoms with E-state index in [1.54, 1.807) is 0 Å². The highest BCUT2D eigenvalue weighted by Crippen LogP contribution is 2.18. The molecule has 1 aromatic rings. The minimum atomic E-state index is -0.286. The second-order valence-electron chi connectivity index (χ2n) is 3.71. The van der Waals surface area contributed by atoms with Gasteiger partial charge < -0.3 is 5.32 Å². The van der Waals surface area contributed by atoms with Gasteiger partial charge >= 0.3 is 0 Å². The molecule has 0 saturated heterocycles. The highest BCUT2D eigenvalue weighted by molar-refractivity contribution is 5.53. The average molecular weight is 173 g/mol. The summed E-state index contributed by atoms with van der Waals surface area (Å²) in [5, 5.41) is 3.30. The molecule has 1 nitrogen and oxygen atoms in total. The Morgan fingerprint density at radius 1 is 1.31 bits per heavy atom. The van der Waals surface area contributed by atoms with Crippen molar-refractivity contribution in [2.45, 2.75) is 26.3 Å². The number of nitrogens with one attached hydrogen (secondary N) is 1. The van der Waals surface area contributed by atoms with Crippen LogP contribution in [0.1, 0.15) is 19.4 Å². The van der Waals surface area contributed by atoms with Crippen LogP contribution >= 0.6 is 0 Å². The summed E-state index contributed by atoms with van der Waals surface area (Å²) in [5.74, 6) is 2.71.